The van der Waals surface area contributed by atoms with Crippen LogP contribution in [0.3, 0.4) is 0 Å². The molecule has 0 saturated carbocycles. The van der Waals surface area contributed by atoms with Crippen LogP contribution in [0.4, 0.5) is 0 Å². The van der Waals surface area contributed by atoms with E-state index in [1.807, 2.05) is 13.0 Å². The Morgan fingerprint density at radius 3 is 2.69 bits per heavy atom. The molecule has 7 heteroatoms. The van der Waals surface area contributed by atoms with E-state index >= 15 is 0 Å². The highest BCUT2D eigenvalue weighted by Crippen LogP contribution is 2.40. The van der Waals surface area contributed by atoms with Crippen molar-refractivity contribution in [1.29, 1.82) is 0 Å². The van der Waals surface area contributed by atoms with Crippen LogP contribution in [0.1, 0.15) is 24.4 Å². The first-order chi connectivity index (χ1) is 7.61. The Kier molecular flexibility index (Phi) is 4.12. The molecule has 0 saturated heterocycles. The average Bonchev–Trinajstić information content (AvgIpc) is 2.83. The minimum Gasteiger partial charge on any atom is -0.322 e. The number of rotatable bonds is 3. The van der Waals surface area contributed by atoms with Crippen LogP contribution in [0.15, 0.2) is 13.6 Å². The molecule has 0 bridgehead atoms. The van der Waals surface area contributed by atoms with Gasteiger partial charge in [0.1, 0.15) is 10.0 Å². The van der Waals surface area contributed by atoms with Gasteiger partial charge in [0.2, 0.25) is 0 Å². The topological polar surface area (TPSA) is 51.8 Å². The van der Waals surface area contributed by atoms with Gasteiger partial charge < -0.3 is 5.73 Å². The molecule has 2 rings (SSSR count). The number of nitrogens with zero attached hydrogens (tertiary/aromatic N) is 2. The van der Waals surface area contributed by atoms with Gasteiger partial charge in [-0.1, -0.05) is 18.3 Å². The largest absolute Gasteiger partial charge is 0.322 e. The van der Waals surface area contributed by atoms with Crippen molar-refractivity contribution in [3.8, 4) is 10.6 Å². The highest BCUT2D eigenvalue weighted by molar-refractivity contribution is 9.12. The van der Waals surface area contributed by atoms with Crippen LogP contribution in [0, 0.1) is 0 Å². The number of hydrogen-bond donors (Lipinski definition) is 1. The van der Waals surface area contributed by atoms with Gasteiger partial charge in [-0.05, 0) is 44.3 Å². The van der Waals surface area contributed by atoms with Crippen molar-refractivity contribution in [2.75, 3.05) is 0 Å². The van der Waals surface area contributed by atoms with Crippen LogP contribution >= 0.6 is 54.5 Å². The van der Waals surface area contributed by atoms with E-state index in [0.717, 1.165) is 29.6 Å². The Labute approximate surface area is 118 Å². The molecule has 0 fully saturated rings. The van der Waals surface area contributed by atoms with Crippen molar-refractivity contribution in [2.24, 2.45) is 5.73 Å². The Morgan fingerprint density at radius 1 is 1.38 bits per heavy atom. The molecule has 2 heterocycles. The zero-order valence-corrected chi connectivity index (χ0v) is 13.2. The molecule has 2 aromatic rings. The highest BCUT2D eigenvalue weighted by Gasteiger charge is 2.15. The molecule has 2 N–H and O–H groups in total. The first-order valence-corrected chi connectivity index (χ1v) is 7.88. The van der Waals surface area contributed by atoms with Crippen molar-refractivity contribution in [1.82, 2.24) is 10.2 Å². The van der Waals surface area contributed by atoms with Crippen molar-refractivity contribution in [3.05, 3.63) is 18.6 Å². The molecular formula is C9H9Br2N3S2. The van der Waals surface area contributed by atoms with Gasteiger partial charge in [0, 0.05) is 5.56 Å². The van der Waals surface area contributed by atoms with E-state index in [1.54, 1.807) is 22.7 Å². The van der Waals surface area contributed by atoms with Crippen LogP contribution < -0.4 is 5.73 Å². The molecule has 0 aliphatic heterocycles. The molecule has 0 spiro atoms. The number of hydrogen-bond acceptors (Lipinski definition) is 5. The lowest BCUT2D eigenvalue weighted by Gasteiger charge is -2.00. The lowest BCUT2D eigenvalue weighted by molar-refractivity contribution is 0.683. The molecule has 0 aliphatic carbocycles. The lowest BCUT2D eigenvalue weighted by Crippen LogP contribution is -2.07. The number of nitrogens with two attached hydrogens (primary N) is 1. The minimum atomic E-state index is -0.00731. The molecule has 1 atom stereocenters. The highest BCUT2D eigenvalue weighted by atomic mass is 79.9. The van der Waals surface area contributed by atoms with Gasteiger partial charge in [-0.15, -0.1) is 21.5 Å². The zero-order valence-electron chi connectivity index (χ0n) is 8.41. The van der Waals surface area contributed by atoms with Gasteiger partial charge in [0.15, 0.2) is 0 Å². The lowest BCUT2D eigenvalue weighted by atomic mass is 10.3. The van der Waals surface area contributed by atoms with Crippen molar-refractivity contribution in [3.63, 3.8) is 0 Å². The first-order valence-electron chi connectivity index (χ1n) is 4.66. The fraction of sp³-hybridized carbons (Fsp3) is 0.333. The summed E-state index contributed by atoms with van der Waals surface area (Å²) in [7, 11) is 0. The molecule has 16 heavy (non-hydrogen) atoms. The van der Waals surface area contributed by atoms with E-state index in [0.29, 0.717) is 0 Å². The third-order valence-corrected chi connectivity index (χ3v) is 5.51. The first kappa shape index (κ1) is 12.6. The van der Waals surface area contributed by atoms with E-state index in [1.165, 1.54) is 0 Å². The van der Waals surface area contributed by atoms with Gasteiger partial charge >= 0.3 is 0 Å². The number of thiophene rings is 1. The van der Waals surface area contributed by atoms with Crippen molar-refractivity contribution in [2.45, 2.75) is 19.4 Å². The summed E-state index contributed by atoms with van der Waals surface area (Å²) in [5.74, 6) is 0. The predicted octanol–water partition coefficient (Wildman–Crippen LogP) is 4.20. The molecule has 86 valence electrons. The van der Waals surface area contributed by atoms with E-state index in [9.17, 15) is 0 Å². The van der Waals surface area contributed by atoms with Crippen LogP contribution in [0.5, 0.6) is 0 Å². The SMILES string of the molecule is CCC(N)c1nnc(-c2cc(Br)sc2Br)s1. The Morgan fingerprint density at radius 2 is 2.12 bits per heavy atom. The third-order valence-electron chi connectivity index (χ3n) is 2.08. The molecule has 0 amide bonds. The number of halogens is 2. The van der Waals surface area contributed by atoms with E-state index in [-0.39, 0.29) is 6.04 Å². The normalized spacial score (nSPS) is 13.0. The second-order valence-corrected chi connectivity index (χ2v) is 7.96. The summed E-state index contributed by atoms with van der Waals surface area (Å²) in [6.07, 6.45) is 0.878. The van der Waals surface area contributed by atoms with Crippen LogP contribution in [0.2, 0.25) is 0 Å². The minimum absolute atomic E-state index is 0.00731. The maximum absolute atomic E-state index is 5.92. The molecule has 3 nitrogen and oxygen atoms in total. The molecule has 1 unspecified atom stereocenters. The molecule has 0 aromatic carbocycles. The van der Waals surface area contributed by atoms with Gasteiger partial charge in [-0.3, -0.25) is 0 Å². The Bertz CT molecular complexity index is 495. The summed E-state index contributed by atoms with van der Waals surface area (Å²) in [5.41, 5.74) is 6.99. The van der Waals surface area contributed by atoms with Gasteiger partial charge in [-0.25, -0.2) is 0 Å². The molecule has 0 aliphatic rings. The van der Waals surface area contributed by atoms with E-state index in [2.05, 4.69) is 42.1 Å². The maximum atomic E-state index is 5.92. The zero-order chi connectivity index (χ0) is 11.7. The fourth-order valence-electron chi connectivity index (χ4n) is 1.15. The number of aromatic nitrogens is 2. The molecule has 2 aromatic heterocycles. The third kappa shape index (κ3) is 2.53. The average molecular weight is 383 g/mol. The summed E-state index contributed by atoms with van der Waals surface area (Å²) in [5, 5.41) is 10.1. The van der Waals surface area contributed by atoms with E-state index < -0.39 is 0 Å². The quantitative estimate of drug-likeness (QED) is 0.865. The molecule has 0 radical (unpaired) electrons. The molecular weight excluding hydrogens is 374 g/mol. The monoisotopic (exact) mass is 381 g/mol. The second kappa shape index (κ2) is 5.22. The summed E-state index contributed by atoms with van der Waals surface area (Å²) in [6, 6.07) is 2.03. The summed E-state index contributed by atoms with van der Waals surface area (Å²) in [6.45, 7) is 2.04. The van der Waals surface area contributed by atoms with Gasteiger partial charge in [0.05, 0.1) is 13.6 Å². The Balaban J connectivity index is 2.35. The van der Waals surface area contributed by atoms with Crippen molar-refractivity contribution < 1.29 is 0 Å². The summed E-state index contributed by atoms with van der Waals surface area (Å²) in [4.78, 5) is 0. The van der Waals surface area contributed by atoms with Crippen LogP contribution in [-0.4, -0.2) is 10.2 Å². The van der Waals surface area contributed by atoms with Gasteiger partial charge in [0.25, 0.3) is 0 Å². The predicted molar refractivity (Wildman–Crippen MR) is 75.8 cm³/mol. The standard InChI is InChI=1S/C9H9Br2N3S2/c1-2-5(12)9-14-13-8(16-9)4-3-6(10)15-7(4)11/h3,5H,2,12H2,1H3. The maximum Gasteiger partial charge on any atom is 0.149 e. The summed E-state index contributed by atoms with van der Waals surface area (Å²) >= 11 is 10.1. The van der Waals surface area contributed by atoms with Crippen molar-refractivity contribution >= 4 is 54.5 Å². The second-order valence-electron chi connectivity index (χ2n) is 3.20. The fourth-order valence-corrected chi connectivity index (χ4v) is 5.11. The van der Waals surface area contributed by atoms with Gasteiger partial charge in [-0.2, -0.15) is 0 Å². The van der Waals surface area contributed by atoms with Crippen LogP contribution in [0.25, 0.3) is 10.6 Å². The summed E-state index contributed by atoms with van der Waals surface area (Å²) < 4.78 is 2.14. The van der Waals surface area contributed by atoms with E-state index in [4.69, 9.17) is 5.73 Å². The smallest absolute Gasteiger partial charge is 0.149 e. The Hall–Kier alpha value is 0.180. The van der Waals surface area contributed by atoms with Crippen LogP contribution in [-0.2, 0) is 0 Å².